The number of carbonyl (C=O) groups excluding carboxylic acids is 1. The number of carbonyl (C=O) groups is 1. The van der Waals surface area contributed by atoms with Gasteiger partial charge in [0.05, 0.1) is 19.8 Å². The van der Waals surface area contributed by atoms with Crippen LogP contribution in [0.15, 0.2) is 78.9 Å². The molecule has 0 aliphatic heterocycles. The molecule has 0 fully saturated rings. The molecule has 3 rings (SSSR count). The Balaban J connectivity index is 1.38. The molecular weight excluding hydrogens is 424 g/mol. The minimum Gasteiger partial charge on any atom is -0.494 e. The van der Waals surface area contributed by atoms with E-state index in [9.17, 15) is 4.79 Å². The molecule has 34 heavy (non-hydrogen) atoms. The smallest absolute Gasteiger partial charge is 0.243 e. The lowest BCUT2D eigenvalue weighted by molar-refractivity contribution is -0.114. The van der Waals surface area contributed by atoms with Crippen molar-refractivity contribution in [2.45, 2.75) is 45.4 Å². The largest absolute Gasteiger partial charge is 0.494 e. The maximum Gasteiger partial charge on any atom is 0.243 e. The van der Waals surface area contributed by atoms with Crippen molar-refractivity contribution < 1.29 is 14.3 Å². The second-order valence-electron chi connectivity index (χ2n) is 8.30. The summed E-state index contributed by atoms with van der Waals surface area (Å²) in [6.07, 6.45) is 6.62. The summed E-state index contributed by atoms with van der Waals surface area (Å²) in [5.41, 5.74) is 2.89. The van der Waals surface area contributed by atoms with Crippen molar-refractivity contribution in [1.82, 2.24) is 0 Å². The highest BCUT2D eigenvalue weighted by atomic mass is 16.5. The summed E-state index contributed by atoms with van der Waals surface area (Å²) in [5, 5.41) is 6.09. The Morgan fingerprint density at radius 2 is 1.41 bits per heavy atom. The van der Waals surface area contributed by atoms with Crippen molar-refractivity contribution >= 4 is 17.3 Å². The van der Waals surface area contributed by atoms with Crippen LogP contribution in [0.5, 0.6) is 11.5 Å². The molecule has 5 heteroatoms. The molecule has 0 aliphatic carbocycles. The first kappa shape index (κ1) is 25.2. The number of anilines is 2. The maximum absolute atomic E-state index is 12.4. The Bertz CT molecular complexity index is 991. The highest BCUT2D eigenvalue weighted by Gasteiger charge is 2.05. The van der Waals surface area contributed by atoms with Crippen molar-refractivity contribution in [2.75, 3.05) is 30.4 Å². The van der Waals surface area contributed by atoms with Crippen LogP contribution in [0.2, 0.25) is 0 Å². The van der Waals surface area contributed by atoms with Gasteiger partial charge in [0.15, 0.2) is 0 Å². The summed E-state index contributed by atoms with van der Waals surface area (Å²) in [4.78, 5) is 12.4. The standard InChI is InChI=1S/C29H36N2O3/c1-2-3-4-8-19-33-27-17-9-15-25(21-27)30-23-29(32)31-26-16-10-18-28(22-26)34-20-11-14-24-12-6-5-7-13-24/h5-7,9-10,12-13,15-18,21-22,30H,2-4,8,11,14,19-20,23H2,1H3,(H,31,32). The molecule has 0 spiro atoms. The van der Waals surface area contributed by atoms with Crippen LogP contribution < -0.4 is 20.1 Å². The van der Waals surface area contributed by atoms with E-state index < -0.39 is 0 Å². The molecule has 0 aromatic heterocycles. The Morgan fingerprint density at radius 1 is 0.735 bits per heavy atom. The third-order valence-corrected chi connectivity index (χ3v) is 5.39. The normalized spacial score (nSPS) is 10.5. The van der Waals surface area contributed by atoms with E-state index in [0.29, 0.717) is 13.2 Å². The Labute approximate surface area is 203 Å². The van der Waals surface area contributed by atoms with Crippen molar-refractivity contribution in [3.8, 4) is 11.5 Å². The van der Waals surface area contributed by atoms with Gasteiger partial charge in [0.1, 0.15) is 11.5 Å². The summed E-state index contributed by atoms with van der Waals surface area (Å²) < 4.78 is 11.7. The zero-order chi connectivity index (χ0) is 23.8. The van der Waals surface area contributed by atoms with Gasteiger partial charge in [-0.25, -0.2) is 0 Å². The van der Waals surface area contributed by atoms with Crippen LogP contribution in [0.1, 0.15) is 44.6 Å². The maximum atomic E-state index is 12.4. The predicted octanol–water partition coefficient (Wildman–Crippen LogP) is 6.71. The quantitative estimate of drug-likeness (QED) is 0.248. The number of hydrogen-bond donors (Lipinski definition) is 2. The van der Waals surface area contributed by atoms with Gasteiger partial charge in [-0.15, -0.1) is 0 Å². The molecule has 0 bridgehead atoms. The van der Waals surface area contributed by atoms with E-state index in [1.165, 1.54) is 24.8 Å². The van der Waals surface area contributed by atoms with Crippen LogP contribution in [-0.4, -0.2) is 25.7 Å². The molecule has 3 aromatic rings. The van der Waals surface area contributed by atoms with Crippen LogP contribution in [0.3, 0.4) is 0 Å². The zero-order valence-corrected chi connectivity index (χ0v) is 20.1. The van der Waals surface area contributed by atoms with E-state index >= 15 is 0 Å². The average Bonchev–Trinajstić information content (AvgIpc) is 2.86. The molecule has 0 heterocycles. The fourth-order valence-electron chi connectivity index (χ4n) is 3.58. The second kappa shape index (κ2) is 14.6. The van der Waals surface area contributed by atoms with Crippen LogP contribution in [0, 0.1) is 0 Å². The lowest BCUT2D eigenvalue weighted by atomic mass is 10.1. The fourth-order valence-corrected chi connectivity index (χ4v) is 3.58. The topological polar surface area (TPSA) is 59.6 Å². The molecule has 5 nitrogen and oxygen atoms in total. The molecule has 0 saturated heterocycles. The molecular formula is C29H36N2O3. The van der Waals surface area contributed by atoms with Crippen molar-refractivity contribution in [2.24, 2.45) is 0 Å². The third-order valence-electron chi connectivity index (χ3n) is 5.39. The third kappa shape index (κ3) is 9.57. The van der Waals surface area contributed by atoms with E-state index in [0.717, 1.165) is 42.1 Å². The highest BCUT2D eigenvalue weighted by molar-refractivity contribution is 5.93. The average molecular weight is 461 g/mol. The first-order chi connectivity index (χ1) is 16.7. The number of nitrogens with one attached hydrogen (secondary N) is 2. The number of amides is 1. The molecule has 1 amide bonds. The van der Waals surface area contributed by atoms with Gasteiger partial charge in [-0.2, -0.15) is 0 Å². The molecule has 0 radical (unpaired) electrons. The Kier molecular flexibility index (Phi) is 10.8. The molecule has 0 unspecified atom stereocenters. The monoisotopic (exact) mass is 460 g/mol. The van der Waals surface area contributed by atoms with E-state index in [4.69, 9.17) is 9.47 Å². The number of unbranched alkanes of at least 4 members (excludes halogenated alkanes) is 3. The summed E-state index contributed by atoms with van der Waals surface area (Å²) in [5.74, 6) is 1.45. The molecule has 3 aromatic carbocycles. The summed E-state index contributed by atoms with van der Waals surface area (Å²) >= 11 is 0. The van der Waals surface area contributed by atoms with E-state index in [1.54, 1.807) is 0 Å². The van der Waals surface area contributed by atoms with Gasteiger partial charge in [-0.1, -0.05) is 68.7 Å². The zero-order valence-electron chi connectivity index (χ0n) is 20.1. The van der Waals surface area contributed by atoms with Gasteiger partial charge in [-0.05, 0) is 49.1 Å². The van der Waals surface area contributed by atoms with Crippen LogP contribution >= 0.6 is 0 Å². The van der Waals surface area contributed by atoms with Crippen LogP contribution in [-0.2, 0) is 11.2 Å². The van der Waals surface area contributed by atoms with E-state index in [2.05, 4.69) is 41.8 Å². The first-order valence-electron chi connectivity index (χ1n) is 12.3. The minimum absolute atomic E-state index is 0.118. The SMILES string of the molecule is CCCCCCOc1cccc(NCC(=O)Nc2cccc(OCCCc3ccccc3)c2)c1. The Morgan fingerprint density at radius 3 is 2.15 bits per heavy atom. The molecule has 0 saturated carbocycles. The highest BCUT2D eigenvalue weighted by Crippen LogP contribution is 2.19. The van der Waals surface area contributed by atoms with Gasteiger partial charge in [0, 0.05) is 23.5 Å². The van der Waals surface area contributed by atoms with Gasteiger partial charge < -0.3 is 20.1 Å². The molecule has 2 N–H and O–H groups in total. The predicted molar refractivity (Wildman–Crippen MR) is 140 cm³/mol. The number of ether oxygens (including phenoxy) is 2. The number of benzene rings is 3. The van der Waals surface area contributed by atoms with Gasteiger partial charge in [0.25, 0.3) is 0 Å². The summed E-state index contributed by atoms with van der Waals surface area (Å²) in [6, 6.07) is 25.6. The van der Waals surface area contributed by atoms with Gasteiger partial charge in [-0.3, -0.25) is 4.79 Å². The lowest BCUT2D eigenvalue weighted by Crippen LogP contribution is -2.21. The van der Waals surface area contributed by atoms with Crippen LogP contribution in [0.4, 0.5) is 11.4 Å². The van der Waals surface area contributed by atoms with Gasteiger partial charge >= 0.3 is 0 Å². The summed E-state index contributed by atoms with van der Waals surface area (Å²) in [7, 11) is 0. The van der Waals surface area contributed by atoms with Crippen molar-refractivity contribution in [1.29, 1.82) is 0 Å². The minimum atomic E-state index is -0.118. The second-order valence-corrected chi connectivity index (χ2v) is 8.30. The molecule has 0 aliphatic rings. The fraction of sp³-hybridized carbons (Fsp3) is 0.345. The Hall–Kier alpha value is -3.47. The number of aryl methyl sites for hydroxylation is 1. The summed E-state index contributed by atoms with van der Waals surface area (Å²) in [6.45, 7) is 3.71. The van der Waals surface area contributed by atoms with E-state index in [1.807, 2.05) is 54.6 Å². The van der Waals surface area contributed by atoms with Crippen molar-refractivity contribution in [3.63, 3.8) is 0 Å². The van der Waals surface area contributed by atoms with Crippen LogP contribution in [0.25, 0.3) is 0 Å². The number of rotatable bonds is 15. The van der Waals surface area contributed by atoms with E-state index in [-0.39, 0.29) is 12.5 Å². The first-order valence-corrected chi connectivity index (χ1v) is 12.3. The number of hydrogen-bond acceptors (Lipinski definition) is 4. The molecule has 0 atom stereocenters. The van der Waals surface area contributed by atoms with Crippen molar-refractivity contribution in [3.05, 3.63) is 84.4 Å². The lowest BCUT2D eigenvalue weighted by Gasteiger charge is -2.11. The molecule has 180 valence electrons. The van der Waals surface area contributed by atoms with Gasteiger partial charge in [0.2, 0.25) is 5.91 Å².